The van der Waals surface area contributed by atoms with Crippen LogP contribution in [0.2, 0.25) is 0 Å². The number of esters is 1. The minimum absolute atomic E-state index is 0.159. The van der Waals surface area contributed by atoms with Gasteiger partial charge in [0.05, 0.1) is 28.5 Å². The van der Waals surface area contributed by atoms with Crippen LogP contribution < -0.4 is 24.7 Å². The largest absolute Gasteiger partial charge is 0.463 e. The molecule has 8 heteroatoms. The summed E-state index contributed by atoms with van der Waals surface area (Å²) in [6.45, 7) is 8.11. The van der Waals surface area contributed by atoms with Crippen molar-refractivity contribution in [2.45, 2.75) is 39.7 Å². The van der Waals surface area contributed by atoms with E-state index < -0.39 is 12.0 Å². The van der Waals surface area contributed by atoms with Crippen LogP contribution in [0.5, 0.6) is 0 Å². The number of carbonyl (C=O) groups is 1. The normalized spacial score (nSPS) is 17.4. The number of aryl methyl sites for hydroxylation is 1. The van der Waals surface area contributed by atoms with Gasteiger partial charge in [0, 0.05) is 38.6 Å². The number of nitrogens with zero attached hydrogens (tertiary/aromatic N) is 4. The van der Waals surface area contributed by atoms with Crippen LogP contribution in [0.1, 0.15) is 49.4 Å². The Morgan fingerprint density at radius 3 is 2.47 bits per heavy atom. The molecular formula is C30H34N4O3S. The molecule has 3 aromatic rings. The molecule has 7 nitrogen and oxygen atoms in total. The van der Waals surface area contributed by atoms with Crippen LogP contribution >= 0.6 is 11.3 Å². The quantitative estimate of drug-likeness (QED) is 0.454. The Kier molecular flexibility index (Phi) is 7.25. The van der Waals surface area contributed by atoms with Gasteiger partial charge in [0.25, 0.3) is 5.56 Å². The zero-order valence-electron chi connectivity index (χ0n) is 22.7. The summed E-state index contributed by atoms with van der Waals surface area (Å²) in [4.78, 5) is 36.7. The van der Waals surface area contributed by atoms with Crippen LogP contribution in [0.25, 0.3) is 6.08 Å². The van der Waals surface area contributed by atoms with Crippen LogP contribution in [0.15, 0.2) is 63.5 Å². The minimum atomic E-state index is -0.609. The van der Waals surface area contributed by atoms with Crippen molar-refractivity contribution in [3.8, 4) is 0 Å². The second kappa shape index (κ2) is 10.6. The number of aromatic nitrogens is 1. The number of benzene rings is 2. The highest BCUT2D eigenvalue weighted by atomic mass is 32.1. The van der Waals surface area contributed by atoms with Crippen molar-refractivity contribution in [3.63, 3.8) is 0 Å². The molecule has 3 heterocycles. The third-order valence-electron chi connectivity index (χ3n) is 7.25. The monoisotopic (exact) mass is 530 g/mol. The zero-order chi connectivity index (χ0) is 27.0. The number of hydrogen-bond acceptors (Lipinski definition) is 7. The van der Waals surface area contributed by atoms with Gasteiger partial charge in [-0.3, -0.25) is 9.36 Å². The van der Waals surface area contributed by atoms with E-state index in [2.05, 4.69) is 35.0 Å². The Morgan fingerprint density at radius 1 is 1.13 bits per heavy atom. The van der Waals surface area contributed by atoms with Gasteiger partial charge in [-0.25, -0.2) is 9.79 Å². The number of thiazole rings is 1. The summed E-state index contributed by atoms with van der Waals surface area (Å²) < 4.78 is 7.64. The Hall–Kier alpha value is -3.65. The molecule has 1 atom stereocenters. The molecule has 2 aliphatic rings. The topological polar surface area (TPSA) is 67.1 Å². The summed E-state index contributed by atoms with van der Waals surface area (Å²) in [5.41, 5.74) is 6.05. The summed E-state index contributed by atoms with van der Waals surface area (Å²) in [6.07, 6.45) is 4.41. The molecule has 0 saturated carbocycles. The fraction of sp³-hybridized carbons (Fsp3) is 0.367. The fourth-order valence-electron chi connectivity index (χ4n) is 5.20. The SMILES string of the molecule is CCOC(=O)C1=C(C)N=c2s/c(=C/c3ccc(N4CCCC4)cc3C)c(=O)n2[C@H]1c1ccc(N(C)C)cc1. The number of ether oxygens (including phenoxy) is 1. The summed E-state index contributed by atoms with van der Waals surface area (Å²) in [5.74, 6) is -0.446. The second-order valence-corrected chi connectivity index (χ2v) is 11.0. The van der Waals surface area contributed by atoms with Gasteiger partial charge in [-0.2, -0.15) is 0 Å². The van der Waals surface area contributed by atoms with Crippen molar-refractivity contribution in [3.05, 3.63) is 90.1 Å². The maximum Gasteiger partial charge on any atom is 0.338 e. The van der Waals surface area contributed by atoms with E-state index in [1.807, 2.05) is 56.3 Å². The lowest BCUT2D eigenvalue weighted by Gasteiger charge is -2.25. The van der Waals surface area contributed by atoms with E-state index in [1.165, 1.54) is 29.9 Å². The summed E-state index contributed by atoms with van der Waals surface area (Å²) in [6, 6.07) is 13.7. The van der Waals surface area contributed by atoms with Gasteiger partial charge in [-0.05, 0) is 80.6 Å². The van der Waals surface area contributed by atoms with Crippen molar-refractivity contribution >= 4 is 34.8 Å². The molecule has 1 aromatic heterocycles. The van der Waals surface area contributed by atoms with Crippen LogP contribution in [0.4, 0.5) is 11.4 Å². The van der Waals surface area contributed by atoms with E-state index in [4.69, 9.17) is 4.74 Å². The predicted octanol–water partition coefficient (Wildman–Crippen LogP) is 3.77. The molecule has 0 radical (unpaired) electrons. The van der Waals surface area contributed by atoms with Crippen LogP contribution in [0, 0.1) is 6.92 Å². The van der Waals surface area contributed by atoms with E-state index in [9.17, 15) is 9.59 Å². The smallest absolute Gasteiger partial charge is 0.338 e. The van der Waals surface area contributed by atoms with E-state index >= 15 is 0 Å². The van der Waals surface area contributed by atoms with Crippen molar-refractivity contribution in [2.24, 2.45) is 4.99 Å². The van der Waals surface area contributed by atoms with Gasteiger partial charge in [-0.1, -0.05) is 29.5 Å². The number of hydrogen-bond donors (Lipinski definition) is 0. The number of fused-ring (bicyclic) bond motifs is 1. The molecule has 0 bridgehead atoms. The maximum atomic E-state index is 13.9. The van der Waals surface area contributed by atoms with Gasteiger partial charge < -0.3 is 14.5 Å². The standard InChI is InChI=1S/C30H34N4O3S/c1-6-37-29(36)26-20(3)31-30-34(27(26)21-9-12-23(13-10-21)32(4)5)28(35)25(38-30)18-22-11-14-24(17-19(22)2)33-15-7-8-16-33/h9-14,17-18,27H,6-8,15-16H2,1-5H3/b25-18+/t27-/m0/s1. The first-order valence-electron chi connectivity index (χ1n) is 13.1. The first-order valence-corrected chi connectivity index (χ1v) is 13.9. The highest BCUT2D eigenvalue weighted by molar-refractivity contribution is 7.07. The first kappa shape index (κ1) is 26.0. The highest BCUT2D eigenvalue weighted by Crippen LogP contribution is 2.31. The molecule has 0 spiro atoms. The van der Waals surface area contributed by atoms with E-state index in [-0.39, 0.29) is 12.2 Å². The lowest BCUT2D eigenvalue weighted by atomic mass is 9.95. The van der Waals surface area contributed by atoms with Crippen molar-refractivity contribution in [1.29, 1.82) is 0 Å². The molecule has 5 rings (SSSR count). The summed E-state index contributed by atoms with van der Waals surface area (Å²) >= 11 is 1.36. The van der Waals surface area contributed by atoms with Gasteiger partial charge in [0.1, 0.15) is 0 Å². The number of anilines is 2. The lowest BCUT2D eigenvalue weighted by Crippen LogP contribution is -2.40. The first-order chi connectivity index (χ1) is 18.3. The molecule has 1 fully saturated rings. The maximum absolute atomic E-state index is 13.9. The van der Waals surface area contributed by atoms with Gasteiger partial charge >= 0.3 is 5.97 Å². The summed E-state index contributed by atoms with van der Waals surface area (Å²) in [7, 11) is 3.96. The lowest BCUT2D eigenvalue weighted by molar-refractivity contribution is -0.139. The molecule has 198 valence electrons. The van der Waals surface area contributed by atoms with Crippen molar-refractivity contribution < 1.29 is 9.53 Å². The fourth-order valence-corrected chi connectivity index (χ4v) is 6.23. The van der Waals surface area contributed by atoms with Crippen LogP contribution in [-0.2, 0) is 9.53 Å². The zero-order valence-corrected chi connectivity index (χ0v) is 23.5. The van der Waals surface area contributed by atoms with E-state index in [0.717, 1.165) is 35.5 Å². The Morgan fingerprint density at radius 2 is 1.84 bits per heavy atom. The molecule has 38 heavy (non-hydrogen) atoms. The third kappa shape index (κ3) is 4.80. The average molecular weight is 531 g/mol. The van der Waals surface area contributed by atoms with Crippen LogP contribution in [-0.4, -0.2) is 44.3 Å². The number of carbonyl (C=O) groups excluding carboxylic acids is 1. The third-order valence-corrected chi connectivity index (χ3v) is 8.24. The van der Waals surface area contributed by atoms with E-state index in [0.29, 0.717) is 20.6 Å². The number of allylic oxidation sites excluding steroid dienone is 1. The van der Waals surface area contributed by atoms with Crippen molar-refractivity contribution in [2.75, 3.05) is 43.6 Å². The second-order valence-electron chi connectivity index (χ2n) is 10.0. The Bertz CT molecular complexity index is 1570. The van der Waals surface area contributed by atoms with Gasteiger partial charge in [-0.15, -0.1) is 0 Å². The molecule has 0 aliphatic carbocycles. The molecule has 2 aliphatic heterocycles. The van der Waals surface area contributed by atoms with Crippen molar-refractivity contribution in [1.82, 2.24) is 4.57 Å². The minimum Gasteiger partial charge on any atom is -0.463 e. The Balaban J connectivity index is 1.63. The molecule has 0 amide bonds. The van der Waals surface area contributed by atoms with E-state index in [1.54, 1.807) is 11.5 Å². The predicted molar refractivity (Wildman–Crippen MR) is 154 cm³/mol. The summed E-state index contributed by atoms with van der Waals surface area (Å²) in [5, 5.41) is 0. The average Bonchev–Trinajstić information content (AvgIpc) is 3.53. The number of rotatable bonds is 6. The molecule has 1 saturated heterocycles. The molecule has 2 aromatic carbocycles. The van der Waals surface area contributed by atoms with Gasteiger partial charge in [0.15, 0.2) is 4.80 Å². The molecule has 0 unspecified atom stereocenters. The Labute approximate surface area is 227 Å². The van der Waals surface area contributed by atoms with Crippen LogP contribution in [0.3, 0.4) is 0 Å². The molecule has 0 N–H and O–H groups in total. The molecular weight excluding hydrogens is 496 g/mol. The van der Waals surface area contributed by atoms with Gasteiger partial charge in [0.2, 0.25) is 0 Å². The highest BCUT2D eigenvalue weighted by Gasteiger charge is 2.33.